The SMILES string of the molecule is COCCNS(=O)(=O)c1ccc(C(=O)NC(c2ccc(Cl)cc2)C(C)C)cc1. The van der Waals surface area contributed by atoms with Gasteiger partial charge in [-0.1, -0.05) is 37.6 Å². The zero-order valence-corrected chi connectivity index (χ0v) is 17.7. The Balaban J connectivity index is 2.12. The van der Waals surface area contributed by atoms with Crippen LogP contribution in [0.1, 0.15) is 35.8 Å². The van der Waals surface area contributed by atoms with Crippen molar-refractivity contribution in [3.8, 4) is 0 Å². The first-order valence-electron chi connectivity index (χ1n) is 8.89. The molecule has 0 aliphatic rings. The number of sulfonamides is 1. The van der Waals surface area contributed by atoms with E-state index in [1.807, 2.05) is 26.0 Å². The van der Waals surface area contributed by atoms with Crippen LogP contribution in [-0.2, 0) is 14.8 Å². The highest BCUT2D eigenvalue weighted by molar-refractivity contribution is 7.89. The van der Waals surface area contributed by atoms with Crippen molar-refractivity contribution in [2.45, 2.75) is 24.8 Å². The van der Waals surface area contributed by atoms with Gasteiger partial charge < -0.3 is 10.1 Å². The van der Waals surface area contributed by atoms with Gasteiger partial charge in [0.15, 0.2) is 0 Å². The van der Waals surface area contributed by atoms with Crippen LogP contribution in [0.4, 0.5) is 0 Å². The van der Waals surface area contributed by atoms with Crippen molar-refractivity contribution in [1.82, 2.24) is 10.0 Å². The number of carbonyl (C=O) groups is 1. The van der Waals surface area contributed by atoms with E-state index in [9.17, 15) is 13.2 Å². The van der Waals surface area contributed by atoms with Crippen LogP contribution in [0.5, 0.6) is 0 Å². The number of methoxy groups -OCH3 is 1. The molecule has 0 bridgehead atoms. The number of carbonyl (C=O) groups excluding carboxylic acids is 1. The third-order valence-corrected chi connectivity index (χ3v) is 5.94. The molecule has 0 fully saturated rings. The third-order valence-electron chi connectivity index (χ3n) is 4.21. The normalized spacial score (nSPS) is 12.8. The highest BCUT2D eigenvalue weighted by Gasteiger charge is 2.20. The van der Waals surface area contributed by atoms with Gasteiger partial charge in [-0.25, -0.2) is 13.1 Å². The Morgan fingerprint density at radius 3 is 2.21 bits per heavy atom. The molecule has 2 rings (SSSR count). The summed E-state index contributed by atoms with van der Waals surface area (Å²) in [4.78, 5) is 12.7. The summed E-state index contributed by atoms with van der Waals surface area (Å²) in [7, 11) is -2.14. The Bertz CT molecular complexity index is 881. The van der Waals surface area contributed by atoms with Gasteiger partial charge in [-0.2, -0.15) is 0 Å². The van der Waals surface area contributed by atoms with E-state index in [1.165, 1.54) is 31.4 Å². The molecule has 0 spiro atoms. The number of benzene rings is 2. The molecule has 6 nitrogen and oxygen atoms in total. The lowest BCUT2D eigenvalue weighted by atomic mass is 9.95. The lowest BCUT2D eigenvalue weighted by Crippen LogP contribution is -2.32. The van der Waals surface area contributed by atoms with Gasteiger partial charge >= 0.3 is 0 Å². The van der Waals surface area contributed by atoms with Crippen LogP contribution in [-0.4, -0.2) is 34.6 Å². The van der Waals surface area contributed by atoms with Crippen LogP contribution < -0.4 is 10.0 Å². The van der Waals surface area contributed by atoms with Crippen molar-refractivity contribution >= 4 is 27.5 Å². The Kier molecular flexibility index (Phi) is 8.00. The van der Waals surface area contributed by atoms with Crippen LogP contribution in [0, 0.1) is 5.92 Å². The van der Waals surface area contributed by atoms with E-state index in [2.05, 4.69) is 10.0 Å². The maximum Gasteiger partial charge on any atom is 0.251 e. The van der Waals surface area contributed by atoms with E-state index in [4.69, 9.17) is 16.3 Å². The monoisotopic (exact) mass is 424 g/mol. The molecular weight excluding hydrogens is 400 g/mol. The molecule has 1 amide bonds. The molecule has 0 saturated heterocycles. The minimum absolute atomic E-state index is 0.0956. The highest BCUT2D eigenvalue weighted by Crippen LogP contribution is 2.24. The lowest BCUT2D eigenvalue weighted by molar-refractivity contribution is 0.0925. The van der Waals surface area contributed by atoms with Crippen LogP contribution >= 0.6 is 11.6 Å². The molecule has 2 aromatic carbocycles. The van der Waals surface area contributed by atoms with Gasteiger partial charge in [0, 0.05) is 24.2 Å². The van der Waals surface area contributed by atoms with E-state index >= 15 is 0 Å². The number of hydrogen-bond donors (Lipinski definition) is 2. The van der Waals surface area contributed by atoms with E-state index in [0.29, 0.717) is 10.6 Å². The Labute approximate surface area is 171 Å². The van der Waals surface area contributed by atoms with Gasteiger partial charge in [-0.05, 0) is 47.9 Å². The molecule has 1 unspecified atom stereocenters. The van der Waals surface area contributed by atoms with Crippen LogP contribution in [0.2, 0.25) is 5.02 Å². The fourth-order valence-corrected chi connectivity index (χ4v) is 3.82. The average Bonchev–Trinajstić information content (AvgIpc) is 2.67. The zero-order valence-electron chi connectivity index (χ0n) is 16.1. The molecule has 28 heavy (non-hydrogen) atoms. The first-order chi connectivity index (χ1) is 13.2. The molecule has 0 aliphatic heterocycles. The minimum atomic E-state index is -3.63. The van der Waals surface area contributed by atoms with Crippen molar-refractivity contribution in [3.63, 3.8) is 0 Å². The summed E-state index contributed by atoms with van der Waals surface area (Å²) in [6.45, 7) is 4.49. The lowest BCUT2D eigenvalue weighted by Gasteiger charge is -2.23. The quantitative estimate of drug-likeness (QED) is 0.604. The van der Waals surface area contributed by atoms with Gasteiger partial charge in [-0.3, -0.25) is 4.79 Å². The molecule has 0 aliphatic carbocycles. The van der Waals surface area contributed by atoms with Crippen LogP contribution in [0.15, 0.2) is 53.4 Å². The number of rotatable bonds is 9. The summed E-state index contributed by atoms with van der Waals surface area (Å²) >= 11 is 5.94. The van der Waals surface area contributed by atoms with Gasteiger partial charge in [0.25, 0.3) is 5.91 Å². The second-order valence-corrected chi connectivity index (χ2v) is 8.87. The molecule has 8 heteroatoms. The molecule has 2 N–H and O–H groups in total. The number of halogens is 1. The number of amides is 1. The third kappa shape index (κ3) is 6.04. The summed E-state index contributed by atoms with van der Waals surface area (Å²) in [5, 5.41) is 3.64. The summed E-state index contributed by atoms with van der Waals surface area (Å²) < 4.78 is 31.6. The first kappa shape index (κ1) is 22.4. The molecule has 0 heterocycles. The predicted octanol–water partition coefficient (Wildman–Crippen LogP) is 3.39. The second-order valence-electron chi connectivity index (χ2n) is 6.66. The number of ether oxygens (including phenoxy) is 1. The summed E-state index contributed by atoms with van der Waals surface area (Å²) in [5.41, 5.74) is 1.34. The fraction of sp³-hybridized carbons (Fsp3) is 0.350. The van der Waals surface area contributed by atoms with Crippen molar-refractivity contribution < 1.29 is 17.9 Å². The maximum atomic E-state index is 12.7. The largest absolute Gasteiger partial charge is 0.383 e. The molecule has 152 valence electrons. The maximum absolute atomic E-state index is 12.7. The zero-order chi connectivity index (χ0) is 20.7. The van der Waals surface area contributed by atoms with E-state index < -0.39 is 10.0 Å². The smallest absolute Gasteiger partial charge is 0.251 e. The van der Waals surface area contributed by atoms with E-state index in [1.54, 1.807) is 12.1 Å². The van der Waals surface area contributed by atoms with E-state index in [-0.39, 0.29) is 35.9 Å². The predicted molar refractivity (Wildman–Crippen MR) is 110 cm³/mol. The average molecular weight is 425 g/mol. The number of nitrogens with one attached hydrogen (secondary N) is 2. The molecule has 2 aromatic rings. The van der Waals surface area contributed by atoms with Crippen molar-refractivity contribution in [3.05, 3.63) is 64.7 Å². The topological polar surface area (TPSA) is 84.5 Å². The van der Waals surface area contributed by atoms with E-state index in [0.717, 1.165) is 5.56 Å². The molecular formula is C20H25ClN2O4S. The number of hydrogen-bond acceptors (Lipinski definition) is 4. The highest BCUT2D eigenvalue weighted by atomic mass is 35.5. The van der Waals surface area contributed by atoms with Crippen LogP contribution in [0.3, 0.4) is 0 Å². The summed E-state index contributed by atoms with van der Waals surface area (Å²) in [6, 6.07) is 13.0. The van der Waals surface area contributed by atoms with Crippen LogP contribution in [0.25, 0.3) is 0 Å². The Hall–Kier alpha value is -1.93. The van der Waals surface area contributed by atoms with Crippen molar-refractivity contribution in [1.29, 1.82) is 0 Å². The minimum Gasteiger partial charge on any atom is -0.383 e. The molecule has 1 atom stereocenters. The first-order valence-corrected chi connectivity index (χ1v) is 10.8. The van der Waals surface area contributed by atoms with Crippen molar-refractivity contribution in [2.75, 3.05) is 20.3 Å². The summed E-state index contributed by atoms with van der Waals surface area (Å²) in [5.74, 6) is -0.111. The Morgan fingerprint density at radius 1 is 1.07 bits per heavy atom. The van der Waals surface area contributed by atoms with Gasteiger partial charge in [0.1, 0.15) is 0 Å². The second kappa shape index (κ2) is 10.0. The van der Waals surface area contributed by atoms with Gasteiger partial charge in [-0.15, -0.1) is 0 Å². The molecule has 0 aromatic heterocycles. The summed E-state index contributed by atoms with van der Waals surface area (Å²) in [6.07, 6.45) is 0. The van der Waals surface area contributed by atoms with Gasteiger partial charge in [0.2, 0.25) is 10.0 Å². The van der Waals surface area contributed by atoms with Gasteiger partial charge in [0.05, 0.1) is 17.5 Å². The molecule has 0 saturated carbocycles. The fourth-order valence-electron chi connectivity index (χ4n) is 2.68. The standard InChI is InChI=1S/C20H25ClN2O4S/c1-14(2)19(15-4-8-17(21)9-5-15)23-20(24)16-6-10-18(11-7-16)28(25,26)22-12-13-27-3/h4-11,14,19,22H,12-13H2,1-3H3,(H,23,24). The van der Waals surface area contributed by atoms with Crippen molar-refractivity contribution in [2.24, 2.45) is 5.92 Å². The Morgan fingerprint density at radius 2 is 1.68 bits per heavy atom. The molecule has 0 radical (unpaired) electrons.